The van der Waals surface area contributed by atoms with Crippen LogP contribution in [0.5, 0.6) is 0 Å². The van der Waals surface area contributed by atoms with Gasteiger partial charge >= 0.3 is 6.00 Å². The van der Waals surface area contributed by atoms with E-state index >= 15 is 0 Å². The van der Waals surface area contributed by atoms with Crippen LogP contribution in [0.4, 0.5) is 4.39 Å². The zero-order valence-corrected chi connectivity index (χ0v) is 9.11. The van der Waals surface area contributed by atoms with Crippen molar-refractivity contribution < 1.29 is 13.8 Å². The number of carbonyl (C=O) groups is 1. The van der Waals surface area contributed by atoms with E-state index in [4.69, 9.17) is 22.5 Å². The molecule has 1 aromatic carbocycles. The molecule has 0 bridgehead atoms. The summed E-state index contributed by atoms with van der Waals surface area (Å²) in [5, 5.41) is 1.88. The fraction of sp³-hybridized carbons (Fsp3) is 0. The van der Waals surface area contributed by atoms with E-state index in [1.165, 1.54) is 12.1 Å². The summed E-state index contributed by atoms with van der Waals surface area (Å²) in [6, 6.07) is 4.66. The van der Waals surface area contributed by atoms with E-state index in [9.17, 15) is 13.8 Å². The van der Waals surface area contributed by atoms with Gasteiger partial charge in [-0.15, -0.1) is 0 Å². The van der Waals surface area contributed by atoms with Crippen molar-refractivity contribution in [2.24, 2.45) is 0 Å². The van der Waals surface area contributed by atoms with Crippen molar-refractivity contribution in [3.63, 3.8) is 0 Å². The van der Waals surface area contributed by atoms with E-state index < -0.39 is 17.7 Å². The van der Waals surface area contributed by atoms with Crippen LogP contribution in [0.25, 0.3) is 0 Å². The normalized spacial score (nSPS) is 11.1. The van der Waals surface area contributed by atoms with Crippen LogP contribution in [-0.2, 0) is 4.57 Å². The van der Waals surface area contributed by atoms with E-state index in [0.717, 1.165) is 12.1 Å². The molecule has 0 atom stereocenters. The zero-order chi connectivity index (χ0) is 10.8. The molecule has 1 aromatic rings. The molecule has 7 heteroatoms. The minimum absolute atomic E-state index is 0.132. The lowest BCUT2D eigenvalue weighted by atomic mass is 10.2. The van der Waals surface area contributed by atoms with Crippen LogP contribution in [-0.4, -0.2) is 5.91 Å². The Balaban J connectivity index is 2.81. The lowest BCUT2D eigenvalue weighted by Gasteiger charge is -2.04. The maximum absolute atomic E-state index is 12.4. The number of halogens is 3. The van der Waals surface area contributed by atoms with E-state index in [-0.39, 0.29) is 5.56 Å². The third-order valence-electron chi connectivity index (χ3n) is 1.34. The molecule has 0 aromatic heterocycles. The second-order valence-corrected chi connectivity index (χ2v) is 6.93. The van der Waals surface area contributed by atoms with E-state index in [0.29, 0.717) is 0 Å². The van der Waals surface area contributed by atoms with E-state index in [1.54, 1.807) is 0 Å². The molecule has 1 amide bonds. The molecule has 14 heavy (non-hydrogen) atoms. The maximum atomic E-state index is 12.4. The van der Waals surface area contributed by atoms with Gasteiger partial charge in [0.25, 0.3) is 5.91 Å². The van der Waals surface area contributed by atoms with Crippen molar-refractivity contribution in [1.29, 1.82) is 0 Å². The molecule has 0 radical (unpaired) electrons. The molecule has 1 N–H and O–H groups in total. The molecule has 3 nitrogen and oxygen atoms in total. The van der Waals surface area contributed by atoms with Crippen molar-refractivity contribution in [2.45, 2.75) is 0 Å². The Morgan fingerprint density at radius 3 is 2.21 bits per heavy atom. The predicted octanol–water partition coefficient (Wildman–Crippen LogP) is 3.14. The van der Waals surface area contributed by atoms with Gasteiger partial charge in [-0.25, -0.2) is 4.39 Å². The number of hydrogen-bond acceptors (Lipinski definition) is 2. The van der Waals surface area contributed by atoms with Crippen molar-refractivity contribution in [1.82, 2.24) is 5.09 Å². The lowest BCUT2D eigenvalue weighted by molar-refractivity contribution is 0.0982. The van der Waals surface area contributed by atoms with Crippen LogP contribution in [0, 0.1) is 5.82 Å². The topological polar surface area (TPSA) is 46.2 Å². The van der Waals surface area contributed by atoms with Crippen LogP contribution in [0.15, 0.2) is 24.3 Å². The van der Waals surface area contributed by atoms with Crippen LogP contribution in [0.2, 0.25) is 0 Å². The number of amides is 1. The van der Waals surface area contributed by atoms with Gasteiger partial charge in [0.05, 0.1) is 0 Å². The molecule has 0 aliphatic heterocycles. The fourth-order valence-corrected chi connectivity index (χ4v) is 1.61. The zero-order valence-electron chi connectivity index (χ0n) is 6.71. The number of benzene rings is 1. The second-order valence-electron chi connectivity index (χ2n) is 2.41. The first kappa shape index (κ1) is 11.5. The smallest absolute Gasteiger partial charge is 0.279 e. The lowest BCUT2D eigenvalue weighted by Crippen LogP contribution is -2.16. The first-order chi connectivity index (χ1) is 6.38. The third-order valence-corrected chi connectivity index (χ3v) is 2.31. The van der Waals surface area contributed by atoms with Crippen LogP contribution < -0.4 is 5.09 Å². The highest BCUT2D eigenvalue weighted by atomic mass is 35.9. The minimum atomic E-state index is -3.65. The summed E-state index contributed by atoms with van der Waals surface area (Å²) in [6.07, 6.45) is 0. The Hall–Kier alpha value is -0.570. The molecule has 0 aliphatic carbocycles. The average molecular weight is 256 g/mol. The van der Waals surface area contributed by atoms with Gasteiger partial charge in [0.2, 0.25) is 0 Å². The van der Waals surface area contributed by atoms with Gasteiger partial charge in [0.15, 0.2) is 0 Å². The molecule has 0 spiro atoms. The van der Waals surface area contributed by atoms with Gasteiger partial charge in [-0.05, 0) is 46.7 Å². The first-order valence-corrected chi connectivity index (χ1v) is 6.98. The van der Waals surface area contributed by atoms with Crippen LogP contribution >= 0.6 is 28.5 Å². The van der Waals surface area contributed by atoms with Gasteiger partial charge in [0, 0.05) is 5.56 Å². The summed E-state index contributed by atoms with van der Waals surface area (Å²) in [6.45, 7) is 0. The Morgan fingerprint density at radius 1 is 1.29 bits per heavy atom. The second kappa shape index (κ2) is 4.30. The highest BCUT2D eigenvalue weighted by Crippen LogP contribution is 2.52. The summed E-state index contributed by atoms with van der Waals surface area (Å²) in [5.41, 5.74) is 0.132. The molecule has 1 rings (SSSR count). The van der Waals surface area contributed by atoms with Gasteiger partial charge in [0.1, 0.15) is 5.82 Å². The Bertz CT molecular complexity index is 389. The maximum Gasteiger partial charge on any atom is 0.345 e. The SMILES string of the molecule is O=C(NP(=O)(Cl)Cl)c1ccc(F)cc1. The largest absolute Gasteiger partial charge is 0.345 e. The summed E-state index contributed by atoms with van der Waals surface area (Å²) in [7, 11) is 0. The predicted molar refractivity (Wildman–Crippen MR) is 53.2 cm³/mol. The molecule has 0 saturated carbocycles. The molecular formula is C7H5Cl2FNO2P. The van der Waals surface area contributed by atoms with Gasteiger partial charge in [-0.3, -0.25) is 14.4 Å². The number of nitrogens with one attached hydrogen (secondary N) is 1. The average Bonchev–Trinajstić information content (AvgIpc) is 2.02. The molecule has 0 unspecified atom stereocenters. The molecule has 0 saturated heterocycles. The van der Waals surface area contributed by atoms with Gasteiger partial charge < -0.3 is 0 Å². The van der Waals surface area contributed by atoms with Gasteiger partial charge in [-0.2, -0.15) is 0 Å². The Labute approximate surface area is 89.2 Å². The number of carbonyl (C=O) groups excluding carboxylic acids is 1. The first-order valence-electron chi connectivity index (χ1n) is 3.46. The number of rotatable bonds is 2. The molecular weight excluding hydrogens is 251 g/mol. The number of hydrogen-bond donors (Lipinski definition) is 1. The highest BCUT2D eigenvalue weighted by Gasteiger charge is 2.18. The molecule has 0 aliphatic rings. The van der Waals surface area contributed by atoms with Gasteiger partial charge in [-0.1, -0.05) is 0 Å². The quantitative estimate of drug-likeness (QED) is 0.826. The molecule has 0 heterocycles. The van der Waals surface area contributed by atoms with Crippen LogP contribution in [0.1, 0.15) is 10.4 Å². The Kier molecular flexibility index (Phi) is 3.53. The van der Waals surface area contributed by atoms with Crippen molar-refractivity contribution in [3.05, 3.63) is 35.6 Å². The van der Waals surface area contributed by atoms with Crippen LogP contribution in [0.3, 0.4) is 0 Å². The fourth-order valence-electron chi connectivity index (χ4n) is 0.784. The summed E-state index contributed by atoms with van der Waals surface area (Å²) >= 11 is 10.2. The van der Waals surface area contributed by atoms with E-state index in [2.05, 4.69) is 0 Å². The minimum Gasteiger partial charge on any atom is -0.279 e. The highest BCUT2D eigenvalue weighted by molar-refractivity contribution is 8.07. The monoisotopic (exact) mass is 255 g/mol. The summed E-state index contributed by atoms with van der Waals surface area (Å²) in [5.74, 6) is -4.83. The van der Waals surface area contributed by atoms with Crippen molar-refractivity contribution >= 4 is 34.4 Å². The molecule has 0 fully saturated rings. The Morgan fingerprint density at radius 2 is 1.79 bits per heavy atom. The van der Waals surface area contributed by atoms with E-state index in [1.807, 2.05) is 5.09 Å². The van der Waals surface area contributed by atoms with Crippen molar-refractivity contribution in [3.8, 4) is 0 Å². The summed E-state index contributed by atoms with van der Waals surface area (Å²) < 4.78 is 23.2. The third kappa shape index (κ3) is 3.66. The molecule has 76 valence electrons. The van der Waals surface area contributed by atoms with Crippen molar-refractivity contribution in [2.75, 3.05) is 0 Å². The standard InChI is InChI=1S/C7H5Cl2FNO2P/c8-14(9,13)11-7(12)5-1-3-6(10)4-2-5/h1-4H,(H,11,12,13). The summed E-state index contributed by atoms with van der Waals surface area (Å²) in [4.78, 5) is 11.2.